The summed E-state index contributed by atoms with van der Waals surface area (Å²) in [5.74, 6) is 0. The lowest BCUT2D eigenvalue weighted by Gasteiger charge is -2.02. The minimum absolute atomic E-state index is 1.17. The Morgan fingerprint density at radius 1 is 1.62 bits per heavy atom. The van der Waals surface area contributed by atoms with E-state index in [9.17, 15) is 0 Å². The molecule has 44 valence electrons. The molecule has 0 aliphatic heterocycles. The highest BCUT2D eigenvalue weighted by Crippen LogP contribution is 2.06. The molecule has 0 aromatic rings. The lowest BCUT2D eigenvalue weighted by atomic mass is 10.1. The second-order valence-electron chi connectivity index (χ2n) is 2.01. The summed E-state index contributed by atoms with van der Waals surface area (Å²) in [6.45, 7) is 0. The summed E-state index contributed by atoms with van der Waals surface area (Å²) >= 11 is 0. The average Bonchev–Trinajstić information content (AvgIpc) is 1.90. The van der Waals surface area contributed by atoms with E-state index in [1.807, 2.05) is 7.05 Å². The van der Waals surface area contributed by atoms with Crippen LogP contribution in [-0.2, 0) is 0 Å². The molecule has 0 saturated carbocycles. The second-order valence-corrected chi connectivity index (χ2v) is 2.01. The van der Waals surface area contributed by atoms with Gasteiger partial charge in [0.05, 0.1) is 0 Å². The molecule has 1 aliphatic rings. The molecule has 0 radical (unpaired) electrons. The van der Waals surface area contributed by atoms with E-state index >= 15 is 0 Å². The van der Waals surface area contributed by atoms with Gasteiger partial charge in [0.2, 0.25) is 0 Å². The van der Waals surface area contributed by atoms with Crippen molar-refractivity contribution in [3.05, 3.63) is 12.2 Å². The summed E-state index contributed by atoms with van der Waals surface area (Å²) in [4.78, 5) is 4.08. The van der Waals surface area contributed by atoms with E-state index < -0.39 is 0 Å². The van der Waals surface area contributed by atoms with Crippen LogP contribution in [0, 0.1) is 0 Å². The summed E-state index contributed by atoms with van der Waals surface area (Å²) < 4.78 is 0. The number of hydrogen-bond acceptors (Lipinski definition) is 1. The molecule has 0 N–H and O–H groups in total. The maximum atomic E-state index is 4.08. The predicted octanol–water partition coefficient (Wildman–Crippen LogP) is 1.80. The van der Waals surface area contributed by atoms with E-state index in [0.29, 0.717) is 0 Å². The molecule has 0 heterocycles. The number of rotatable bonds is 0. The minimum Gasteiger partial charge on any atom is -0.293 e. The molecule has 0 fully saturated rings. The zero-order chi connectivity index (χ0) is 5.82. The predicted molar refractivity (Wildman–Crippen MR) is 36.4 cm³/mol. The van der Waals surface area contributed by atoms with Crippen LogP contribution in [0.25, 0.3) is 0 Å². The van der Waals surface area contributed by atoms with Crippen LogP contribution >= 0.6 is 0 Å². The van der Waals surface area contributed by atoms with Gasteiger partial charge in [-0.2, -0.15) is 0 Å². The Hall–Kier alpha value is -0.590. The Morgan fingerprint density at radius 2 is 2.50 bits per heavy atom. The Kier molecular flexibility index (Phi) is 1.84. The first-order chi connectivity index (χ1) is 3.93. The third-order valence-electron chi connectivity index (χ3n) is 1.40. The van der Waals surface area contributed by atoms with E-state index in [1.54, 1.807) is 0 Å². The summed E-state index contributed by atoms with van der Waals surface area (Å²) in [6.07, 6.45) is 7.99. The maximum absolute atomic E-state index is 4.08. The van der Waals surface area contributed by atoms with Crippen LogP contribution in [0.5, 0.6) is 0 Å². The zero-order valence-corrected chi connectivity index (χ0v) is 5.22. The van der Waals surface area contributed by atoms with Gasteiger partial charge in [-0.25, -0.2) is 0 Å². The van der Waals surface area contributed by atoms with Crippen LogP contribution in [0.15, 0.2) is 17.1 Å². The molecule has 0 amide bonds. The Labute approximate surface area is 50.1 Å². The normalized spacial score (nSPS) is 24.4. The summed E-state index contributed by atoms with van der Waals surface area (Å²) in [5, 5.41) is 0. The van der Waals surface area contributed by atoms with Gasteiger partial charge in [0.15, 0.2) is 0 Å². The van der Waals surface area contributed by atoms with Crippen molar-refractivity contribution in [1.82, 2.24) is 0 Å². The number of hydrogen-bond donors (Lipinski definition) is 0. The lowest BCUT2D eigenvalue weighted by Crippen LogP contribution is -1.96. The van der Waals surface area contributed by atoms with Gasteiger partial charge >= 0.3 is 0 Å². The third kappa shape index (κ3) is 1.19. The van der Waals surface area contributed by atoms with E-state index in [0.717, 1.165) is 0 Å². The standard InChI is InChI=1S/C7H11N/c1-8-7-5-3-2-4-6-7/h3,5H,2,4,6H2,1H3/b8-7-. The van der Waals surface area contributed by atoms with Crippen molar-refractivity contribution < 1.29 is 0 Å². The lowest BCUT2D eigenvalue weighted by molar-refractivity contribution is 0.877. The molecular formula is C7H11N. The third-order valence-corrected chi connectivity index (χ3v) is 1.40. The van der Waals surface area contributed by atoms with E-state index in [1.165, 1.54) is 25.0 Å². The Bertz CT molecular complexity index is 122. The molecule has 0 aromatic carbocycles. The monoisotopic (exact) mass is 109 g/mol. The quantitative estimate of drug-likeness (QED) is 0.449. The van der Waals surface area contributed by atoms with Crippen LogP contribution in [0.3, 0.4) is 0 Å². The van der Waals surface area contributed by atoms with Gasteiger partial charge in [-0.1, -0.05) is 6.08 Å². The molecule has 8 heavy (non-hydrogen) atoms. The average molecular weight is 109 g/mol. The molecule has 0 aromatic heterocycles. The fourth-order valence-corrected chi connectivity index (χ4v) is 0.890. The minimum atomic E-state index is 1.17. The molecule has 1 rings (SSSR count). The van der Waals surface area contributed by atoms with Crippen molar-refractivity contribution >= 4 is 5.71 Å². The van der Waals surface area contributed by atoms with Gasteiger partial charge in [-0.05, 0) is 25.3 Å². The van der Waals surface area contributed by atoms with Crippen molar-refractivity contribution in [2.75, 3.05) is 7.05 Å². The van der Waals surface area contributed by atoms with Crippen molar-refractivity contribution in [1.29, 1.82) is 0 Å². The summed E-state index contributed by atoms with van der Waals surface area (Å²) in [6, 6.07) is 0. The van der Waals surface area contributed by atoms with Gasteiger partial charge in [0.25, 0.3) is 0 Å². The van der Waals surface area contributed by atoms with Gasteiger partial charge in [0.1, 0.15) is 0 Å². The molecule has 0 spiro atoms. The van der Waals surface area contributed by atoms with Gasteiger partial charge in [-0.15, -0.1) is 0 Å². The van der Waals surface area contributed by atoms with Crippen molar-refractivity contribution in [2.24, 2.45) is 4.99 Å². The second kappa shape index (κ2) is 2.65. The highest BCUT2D eigenvalue weighted by atomic mass is 14.7. The first-order valence-electron chi connectivity index (χ1n) is 3.05. The van der Waals surface area contributed by atoms with E-state index in [2.05, 4.69) is 17.1 Å². The molecular weight excluding hydrogens is 98.1 g/mol. The molecule has 1 nitrogen and oxygen atoms in total. The van der Waals surface area contributed by atoms with Crippen molar-refractivity contribution in [3.8, 4) is 0 Å². The topological polar surface area (TPSA) is 12.4 Å². The maximum Gasteiger partial charge on any atom is 0.0341 e. The van der Waals surface area contributed by atoms with Gasteiger partial charge in [-0.3, -0.25) is 4.99 Å². The molecule has 1 aliphatic carbocycles. The highest BCUT2D eigenvalue weighted by molar-refractivity contribution is 5.95. The molecule has 0 atom stereocenters. The smallest absolute Gasteiger partial charge is 0.0341 e. The van der Waals surface area contributed by atoms with Crippen LogP contribution in [0.4, 0.5) is 0 Å². The number of allylic oxidation sites excluding steroid dienone is 2. The fraction of sp³-hybridized carbons (Fsp3) is 0.571. The highest BCUT2D eigenvalue weighted by Gasteiger charge is 1.96. The fourth-order valence-electron chi connectivity index (χ4n) is 0.890. The largest absolute Gasteiger partial charge is 0.293 e. The summed E-state index contributed by atoms with van der Waals surface area (Å²) in [7, 11) is 1.85. The van der Waals surface area contributed by atoms with Crippen LogP contribution in [0.2, 0.25) is 0 Å². The SMILES string of the molecule is C/N=C1/C=CCCC1. The van der Waals surface area contributed by atoms with Crippen molar-refractivity contribution in [2.45, 2.75) is 19.3 Å². The first-order valence-corrected chi connectivity index (χ1v) is 3.05. The molecule has 1 heteroatoms. The van der Waals surface area contributed by atoms with Crippen LogP contribution < -0.4 is 0 Å². The molecule has 0 unspecified atom stereocenters. The Morgan fingerprint density at radius 3 is 2.88 bits per heavy atom. The number of nitrogens with zero attached hydrogens (tertiary/aromatic N) is 1. The van der Waals surface area contributed by atoms with Crippen LogP contribution in [0.1, 0.15) is 19.3 Å². The van der Waals surface area contributed by atoms with Gasteiger partial charge in [0, 0.05) is 12.8 Å². The molecule has 0 saturated heterocycles. The Balaban J connectivity index is 2.56. The summed E-state index contributed by atoms with van der Waals surface area (Å²) in [5.41, 5.74) is 1.25. The first kappa shape index (κ1) is 5.54. The van der Waals surface area contributed by atoms with Gasteiger partial charge < -0.3 is 0 Å². The number of aliphatic imine (C=N–C) groups is 1. The van der Waals surface area contributed by atoms with E-state index in [4.69, 9.17) is 0 Å². The van der Waals surface area contributed by atoms with Crippen molar-refractivity contribution in [3.63, 3.8) is 0 Å². The van der Waals surface area contributed by atoms with E-state index in [-0.39, 0.29) is 0 Å². The van der Waals surface area contributed by atoms with Crippen LogP contribution in [-0.4, -0.2) is 12.8 Å². The zero-order valence-electron chi connectivity index (χ0n) is 5.22. The molecule has 0 bridgehead atoms.